The van der Waals surface area contributed by atoms with Crippen molar-refractivity contribution in [1.29, 1.82) is 5.26 Å². The highest BCUT2D eigenvalue weighted by atomic mass is 127. The van der Waals surface area contributed by atoms with E-state index in [0.717, 1.165) is 9.13 Å². The molecule has 0 aliphatic rings. The molecule has 0 aliphatic carbocycles. The van der Waals surface area contributed by atoms with Crippen LogP contribution in [0.15, 0.2) is 30.9 Å². The maximum absolute atomic E-state index is 8.74. The predicted octanol–water partition coefficient (Wildman–Crippen LogP) is 3.27. The maximum Gasteiger partial charge on any atom is 0.0992 e. The fraction of sp³-hybridized carbons (Fsp3) is 0.0909. The summed E-state index contributed by atoms with van der Waals surface area (Å²) in [6.45, 7) is 7.59. The number of benzene rings is 1. The summed E-state index contributed by atoms with van der Waals surface area (Å²) >= 11 is 2.19. The molecule has 1 radical (unpaired) electrons. The third kappa shape index (κ3) is 2.56. The van der Waals surface area contributed by atoms with Crippen molar-refractivity contribution in [2.24, 2.45) is 0 Å². The molecule has 0 aromatic heterocycles. The molecule has 0 aliphatic heterocycles. The van der Waals surface area contributed by atoms with Gasteiger partial charge in [0.05, 0.1) is 11.6 Å². The maximum atomic E-state index is 8.74. The van der Waals surface area contributed by atoms with Crippen LogP contribution in [-0.4, -0.2) is 0 Å². The van der Waals surface area contributed by atoms with Crippen molar-refractivity contribution in [3.63, 3.8) is 0 Å². The second kappa shape index (κ2) is 4.43. The molecule has 0 amide bonds. The molecule has 0 spiro atoms. The molecule has 0 saturated heterocycles. The minimum absolute atomic E-state index is 0.0572. The zero-order valence-corrected chi connectivity index (χ0v) is 9.28. The normalized spacial score (nSPS) is 11.8. The summed E-state index contributed by atoms with van der Waals surface area (Å²) in [6, 6.07) is 7.83. The monoisotopic (exact) mass is 282 g/mol. The Morgan fingerprint density at radius 2 is 2.15 bits per heavy atom. The van der Waals surface area contributed by atoms with E-state index in [4.69, 9.17) is 5.26 Å². The lowest BCUT2D eigenvalue weighted by molar-refractivity contribution is 1.08. The van der Waals surface area contributed by atoms with E-state index in [-0.39, 0.29) is 5.92 Å². The van der Waals surface area contributed by atoms with Gasteiger partial charge in [-0.3, -0.25) is 0 Å². The molecule has 1 atom stereocenters. The van der Waals surface area contributed by atoms with Crippen LogP contribution in [0, 0.1) is 21.8 Å². The van der Waals surface area contributed by atoms with Gasteiger partial charge in [-0.2, -0.15) is 5.26 Å². The molecule has 0 bridgehead atoms. The van der Waals surface area contributed by atoms with Crippen LogP contribution in [0.3, 0.4) is 0 Å². The first-order chi connectivity index (χ1) is 6.17. The van der Waals surface area contributed by atoms with E-state index in [2.05, 4.69) is 42.2 Å². The highest BCUT2D eigenvalue weighted by Gasteiger charge is 2.03. The molecule has 0 saturated carbocycles. The van der Waals surface area contributed by atoms with Crippen LogP contribution in [0.25, 0.3) is 0 Å². The lowest BCUT2D eigenvalue weighted by atomic mass is 10.00. The van der Waals surface area contributed by atoms with E-state index in [1.807, 2.05) is 18.2 Å². The smallest absolute Gasteiger partial charge is 0.0992 e. The average Bonchev–Trinajstić information content (AvgIpc) is 2.15. The summed E-state index contributed by atoms with van der Waals surface area (Å²) in [5.41, 5.74) is 1.72. The number of allylic oxidation sites excluding steroid dienone is 1. The highest BCUT2D eigenvalue weighted by Crippen LogP contribution is 2.20. The van der Waals surface area contributed by atoms with E-state index in [1.54, 1.807) is 6.08 Å². The van der Waals surface area contributed by atoms with Crippen LogP contribution >= 0.6 is 22.6 Å². The summed E-state index contributed by atoms with van der Waals surface area (Å²) in [4.78, 5) is 0. The Bertz CT molecular complexity index is 363. The first-order valence-electron chi connectivity index (χ1n) is 3.83. The molecular weight excluding hydrogens is 273 g/mol. The summed E-state index contributed by atoms with van der Waals surface area (Å²) in [5.74, 6) is 0.0572. The Labute approximate surface area is 92.2 Å². The van der Waals surface area contributed by atoms with Crippen molar-refractivity contribution in [2.75, 3.05) is 0 Å². The van der Waals surface area contributed by atoms with Gasteiger partial charge in [0.25, 0.3) is 0 Å². The summed E-state index contributed by atoms with van der Waals surface area (Å²) in [7, 11) is 0. The molecule has 1 nitrogen and oxygen atoms in total. The predicted molar refractivity (Wildman–Crippen MR) is 62.2 cm³/mol. The Hall–Kier alpha value is -0.820. The SMILES string of the molecule is [CH2]C(C=C)c1cc(I)cc(C#N)c1. The van der Waals surface area contributed by atoms with Gasteiger partial charge in [0.2, 0.25) is 0 Å². The quantitative estimate of drug-likeness (QED) is 0.603. The molecule has 1 aromatic carbocycles. The largest absolute Gasteiger partial charge is 0.192 e. The summed E-state index contributed by atoms with van der Waals surface area (Å²) < 4.78 is 1.06. The van der Waals surface area contributed by atoms with Gasteiger partial charge in [-0.25, -0.2) is 0 Å². The molecule has 0 heterocycles. The Morgan fingerprint density at radius 3 is 2.69 bits per heavy atom. The molecule has 2 heteroatoms. The number of halogens is 1. The van der Waals surface area contributed by atoms with Gasteiger partial charge in [-0.15, -0.1) is 6.58 Å². The minimum Gasteiger partial charge on any atom is -0.192 e. The molecule has 1 unspecified atom stereocenters. The standard InChI is InChI=1S/C11H9IN/c1-3-8(2)10-4-9(7-13)5-11(12)6-10/h3-6,8H,1-2H2. The Balaban J connectivity index is 3.17. The van der Waals surface area contributed by atoms with E-state index in [9.17, 15) is 0 Å². The fourth-order valence-electron chi connectivity index (χ4n) is 1.03. The van der Waals surface area contributed by atoms with E-state index in [0.29, 0.717) is 5.56 Å². The number of hydrogen-bond donors (Lipinski definition) is 0. The second-order valence-electron chi connectivity index (χ2n) is 2.73. The zero-order chi connectivity index (χ0) is 9.84. The number of nitrogens with zero attached hydrogens (tertiary/aromatic N) is 1. The minimum atomic E-state index is 0.0572. The van der Waals surface area contributed by atoms with E-state index in [1.165, 1.54) is 0 Å². The van der Waals surface area contributed by atoms with Crippen LogP contribution in [0.5, 0.6) is 0 Å². The lowest BCUT2D eigenvalue weighted by Crippen LogP contribution is -1.91. The highest BCUT2D eigenvalue weighted by molar-refractivity contribution is 14.1. The number of rotatable bonds is 2. The van der Waals surface area contributed by atoms with Gasteiger partial charge in [0.1, 0.15) is 0 Å². The van der Waals surface area contributed by atoms with E-state index < -0.39 is 0 Å². The van der Waals surface area contributed by atoms with Gasteiger partial charge in [0, 0.05) is 9.49 Å². The van der Waals surface area contributed by atoms with Gasteiger partial charge in [-0.05, 0) is 53.3 Å². The molecule has 1 aromatic rings. The van der Waals surface area contributed by atoms with Crippen molar-refractivity contribution in [3.8, 4) is 6.07 Å². The lowest BCUT2D eigenvalue weighted by Gasteiger charge is -2.06. The Kier molecular flexibility index (Phi) is 3.49. The van der Waals surface area contributed by atoms with Crippen molar-refractivity contribution in [3.05, 3.63) is 52.5 Å². The zero-order valence-electron chi connectivity index (χ0n) is 7.13. The molecule has 1 rings (SSSR count). The van der Waals surface area contributed by atoms with Crippen molar-refractivity contribution >= 4 is 22.6 Å². The molecule has 0 fully saturated rings. The van der Waals surface area contributed by atoms with Crippen LogP contribution < -0.4 is 0 Å². The van der Waals surface area contributed by atoms with Gasteiger partial charge in [-0.1, -0.05) is 6.08 Å². The fourth-order valence-corrected chi connectivity index (χ4v) is 1.72. The van der Waals surface area contributed by atoms with Crippen LogP contribution in [0.1, 0.15) is 17.0 Å². The number of nitriles is 1. The van der Waals surface area contributed by atoms with Crippen molar-refractivity contribution in [1.82, 2.24) is 0 Å². The van der Waals surface area contributed by atoms with Gasteiger partial charge >= 0.3 is 0 Å². The first kappa shape index (κ1) is 10.3. The molecular formula is C11H9IN. The Morgan fingerprint density at radius 1 is 1.46 bits per heavy atom. The molecule has 13 heavy (non-hydrogen) atoms. The number of hydrogen-bond acceptors (Lipinski definition) is 1. The summed E-state index contributed by atoms with van der Waals surface area (Å²) in [5, 5.41) is 8.74. The summed E-state index contributed by atoms with van der Waals surface area (Å²) in [6.07, 6.45) is 1.77. The van der Waals surface area contributed by atoms with Crippen LogP contribution in [0.4, 0.5) is 0 Å². The third-order valence-corrected chi connectivity index (χ3v) is 2.38. The van der Waals surface area contributed by atoms with Crippen molar-refractivity contribution < 1.29 is 0 Å². The first-order valence-corrected chi connectivity index (χ1v) is 4.91. The topological polar surface area (TPSA) is 23.8 Å². The average molecular weight is 282 g/mol. The third-order valence-electron chi connectivity index (χ3n) is 1.76. The second-order valence-corrected chi connectivity index (χ2v) is 3.97. The van der Waals surface area contributed by atoms with Gasteiger partial charge < -0.3 is 0 Å². The van der Waals surface area contributed by atoms with Gasteiger partial charge in [0.15, 0.2) is 0 Å². The van der Waals surface area contributed by atoms with E-state index >= 15 is 0 Å². The van der Waals surface area contributed by atoms with Crippen LogP contribution in [-0.2, 0) is 0 Å². The van der Waals surface area contributed by atoms with Crippen LogP contribution in [0.2, 0.25) is 0 Å². The molecule has 65 valence electrons. The molecule has 0 N–H and O–H groups in total. The van der Waals surface area contributed by atoms with Crippen molar-refractivity contribution in [2.45, 2.75) is 5.92 Å².